The molecule has 1 aliphatic rings. The Morgan fingerprint density at radius 1 is 1.22 bits per heavy atom. The number of benzene rings is 1. The van der Waals surface area contributed by atoms with E-state index in [0.29, 0.717) is 13.0 Å². The van der Waals surface area contributed by atoms with Crippen LogP contribution in [0, 0.1) is 5.92 Å². The van der Waals surface area contributed by atoms with Gasteiger partial charge in [0.2, 0.25) is 0 Å². The second-order valence-corrected chi connectivity index (χ2v) is 4.83. The van der Waals surface area contributed by atoms with Gasteiger partial charge in [-0.2, -0.15) is 0 Å². The SMILES string of the molecule is O=C(O)C1Cc2ccc(Cc3ccccc3)n2C1. The highest BCUT2D eigenvalue weighted by Crippen LogP contribution is 2.25. The van der Waals surface area contributed by atoms with E-state index in [9.17, 15) is 4.79 Å². The first-order valence-corrected chi connectivity index (χ1v) is 6.18. The number of nitrogens with zero attached hydrogens (tertiary/aromatic N) is 1. The second kappa shape index (κ2) is 4.33. The summed E-state index contributed by atoms with van der Waals surface area (Å²) in [4.78, 5) is 11.0. The summed E-state index contributed by atoms with van der Waals surface area (Å²) < 4.78 is 2.16. The number of rotatable bonds is 3. The average Bonchev–Trinajstić information content (AvgIpc) is 2.93. The number of carbonyl (C=O) groups is 1. The predicted octanol–water partition coefficient (Wildman–Crippen LogP) is 2.34. The van der Waals surface area contributed by atoms with Crippen molar-refractivity contribution in [2.75, 3.05) is 0 Å². The summed E-state index contributed by atoms with van der Waals surface area (Å²) in [5.74, 6) is -0.944. The Balaban J connectivity index is 1.83. The molecule has 2 heterocycles. The lowest BCUT2D eigenvalue weighted by Crippen LogP contribution is -2.15. The van der Waals surface area contributed by atoms with Gasteiger partial charge in [-0.05, 0) is 17.7 Å². The molecule has 3 rings (SSSR count). The molecule has 1 aromatic carbocycles. The first-order valence-electron chi connectivity index (χ1n) is 6.18. The van der Waals surface area contributed by atoms with Gasteiger partial charge in [0.25, 0.3) is 0 Å². The van der Waals surface area contributed by atoms with Crippen LogP contribution in [0.15, 0.2) is 42.5 Å². The van der Waals surface area contributed by atoms with Gasteiger partial charge in [0.15, 0.2) is 0 Å². The van der Waals surface area contributed by atoms with Crippen molar-refractivity contribution in [3.05, 3.63) is 59.4 Å². The van der Waals surface area contributed by atoms with Gasteiger partial charge in [-0.15, -0.1) is 0 Å². The van der Waals surface area contributed by atoms with E-state index < -0.39 is 5.97 Å². The predicted molar refractivity (Wildman–Crippen MR) is 68.5 cm³/mol. The third-order valence-corrected chi connectivity index (χ3v) is 3.60. The van der Waals surface area contributed by atoms with E-state index in [2.05, 4.69) is 28.8 Å². The molecule has 2 aromatic rings. The zero-order valence-corrected chi connectivity index (χ0v) is 10.0. The van der Waals surface area contributed by atoms with Crippen molar-refractivity contribution in [3.8, 4) is 0 Å². The van der Waals surface area contributed by atoms with Gasteiger partial charge in [0.05, 0.1) is 5.92 Å². The van der Waals surface area contributed by atoms with E-state index in [1.807, 2.05) is 18.2 Å². The Morgan fingerprint density at radius 3 is 2.72 bits per heavy atom. The number of hydrogen-bond acceptors (Lipinski definition) is 1. The molecule has 0 saturated heterocycles. The zero-order valence-electron chi connectivity index (χ0n) is 10.0. The van der Waals surface area contributed by atoms with Crippen LogP contribution in [0.2, 0.25) is 0 Å². The first-order chi connectivity index (χ1) is 8.74. The molecule has 1 unspecified atom stereocenters. The van der Waals surface area contributed by atoms with Crippen LogP contribution in [0.1, 0.15) is 17.0 Å². The summed E-state index contributed by atoms with van der Waals surface area (Å²) in [6.45, 7) is 0.611. The quantitative estimate of drug-likeness (QED) is 0.896. The maximum absolute atomic E-state index is 11.0. The van der Waals surface area contributed by atoms with Gasteiger partial charge in [0, 0.05) is 30.8 Å². The van der Waals surface area contributed by atoms with Crippen molar-refractivity contribution >= 4 is 5.97 Å². The van der Waals surface area contributed by atoms with Crippen molar-refractivity contribution in [2.24, 2.45) is 5.92 Å². The molecule has 3 nitrogen and oxygen atoms in total. The summed E-state index contributed by atoms with van der Waals surface area (Å²) in [6.07, 6.45) is 1.53. The summed E-state index contributed by atoms with van der Waals surface area (Å²) in [5, 5.41) is 9.07. The van der Waals surface area contributed by atoms with Gasteiger partial charge in [-0.3, -0.25) is 4.79 Å². The van der Waals surface area contributed by atoms with Gasteiger partial charge < -0.3 is 9.67 Å². The molecule has 1 aromatic heterocycles. The number of aliphatic carboxylic acids is 1. The third kappa shape index (κ3) is 1.92. The fourth-order valence-corrected chi connectivity index (χ4v) is 2.63. The van der Waals surface area contributed by atoms with Gasteiger partial charge >= 0.3 is 5.97 Å². The molecular weight excluding hydrogens is 226 g/mol. The molecule has 0 radical (unpaired) electrons. The highest BCUT2D eigenvalue weighted by Gasteiger charge is 2.28. The highest BCUT2D eigenvalue weighted by molar-refractivity contribution is 5.71. The molecule has 18 heavy (non-hydrogen) atoms. The van der Waals surface area contributed by atoms with Crippen LogP contribution in [0.4, 0.5) is 0 Å². The number of carboxylic acid groups (broad SMARTS) is 1. The lowest BCUT2D eigenvalue weighted by atomic mass is 10.1. The Kier molecular flexibility index (Phi) is 2.67. The molecule has 0 spiro atoms. The monoisotopic (exact) mass is 241 g/mol. The van der Waals surface area contributed by atoms with Crippen LogP contribution in [-0.4, -0.2) is 15.6 Å². The lowest BCUT2D eigenvalue weighted by Gasteiger charge is -2.07. The maximum Gasteiger partial charge on any atom is 0.308 e. The smallest absolute Gasteiger partial charge is 0.308 e. The van der Waals surface area contributed by atoms with Crippen molar-refractivity contribution < 1.29 is 9.90 Å². The first kappa shape index (κ1) is 11.1. The molecule has 1 aliphatic heterocycles. The van der Waals surface area contributed by atoms with Crippen LogP contribution in [0.5, 0.6) is 0 Å². The molecule has 0 fully saturated rings. The van der Waals surface area contributed by atoms with E-state index >= 15 is 0 Å². The van der Waals surface area contributed by atoms with Crippen LogP contribution >= 0.6 is 0 Å². The second-order valence-electron chi connectivity index (χ2n) is 4.83. The molecular formula is C15H15NO2. The molecule has 0 bridgehead atoms. The third-order valence-electron chi connectivity index (χ3n) is 3.60. The minimum Gasteiger partial charge on any atom is -0.481 e. The molecule has 0 aliphatic carbocycles. The average molecular weight is 241 g/mol. The largest absolute Gasteiger partial charge is 0.481 e. The summed E-state index contributed by atoms with van der Waals surface area (Å²) in [6, 6.07) is 14.4. The van der Waals surface area contributed by atoms with Crippen molar-refractivity contribution in [1.82, 2.24) is 4.57 Å². The molecule has 1 atom stereocenters. The van der Waals surface area contributed by atoms with E-state index in [-0.39, 0.29) is 5.92 Å². The molecule has 3 heteroatoms. The van der Waals surface area contributed by atoms with Crippen molar-refractivity contribution in [1.29, 1.82) is 0 Å². The van der Waals surface area contributed by atoms with Crippen molar-refractivity contribution in [3.63, 3.8) is 0 Å². The number of aromatic nitrogens is 1. The minimum absolute atomic E-state index is 0.254. The number of fused-ring (bicyclic) bond motifs is 1. The van der Waals surface area contributed by atoms with Crippen LogP contribution in [0.25, 0.3) is 0 Å². The standard InChI is InChI=1S/C15H15NO2/c17-15(18)12-9-14-7-6-13(16(14)10-12)8-11-4-2-1-3-5-11/h1-7,12H,8-10H2,(H,17,18). The van der Waals surface area contributed by atoms with Crippen LogP contribution in [0.3, 0.4) is 0 Å². The van der Waals surface area contributed by atoms with E-state index in [0.717, 1.165) is 12.1 Å². The maximum atomic E-state index is 11.0. The Hall–Kier alpha value is -2.03. The summed E-state index contributed by atoms with van der Waals surface area (Å²) >= 11 is 0. The number of carboxylic acids is 1. The van der Waals surface area contributed by atoms with E-state index in [1.165, 1.54) is 11.3 Å². The molecule has 0 saturated carbocycles. The minimum atomic E-state index is -0.690. The van der Waals surface area contributed by atoms with Gasteiger partial charge in [-0.1, -0.05) is 30.3 Å². The van der Waals surface area contributed by atoms with E-state index in [4.69, 9.17) is 5.11 Å². The zero-order chi connectivity index (χ0) is 12.5. The van der Waals surface area contributed by atoms with Crippen LogP contribution in [-0.2, 0) is 24.2 Å². The summed E-state index contributed by atoms with van der Waals surface area (Å²) in [7, 11) is 0. The summed E-state index contributed by atoms with van der Waals surface area (Å²) in [5.41, 5.74) is 3.62. The molecule has 92 valence electrons. The fourth-order valence-electron chi connectivity index (χ4n) is 2.63. The fraction of sp³-hybridized carbons (Fsp3) is 0.267. The highest BCUT2D eigenvalue weighted by atomic mass is 16.4. The van der Waals surface area contributed by atoms with Gasteiger partial charge in [0.1, 0.15) is 0 Å². The normalized spacial score (nSPS) is 17.7. The Bertz CT molecular complexity index is 571. The van der Waals surface area contributed by atoms with Crippen molar-refractivity contribution in [2.45, 2.75) is 19.4 Å². The molecule has 0 amide bonds. The Morgan fingerprint density at radius 2 is 2.00 bits per heavy atom. The van der Waals surface area contributed by atoms with Gasteiger partial charge in [-0.25, -0.2) is 0 Å². The number of hydrogen-bond donors (Lipinski definition) is 1. The van der Waals surface area contributed by atoms with E-state index in [1.54, 1.807) is 0 Å². The Labute approximate surface area is 106 Å². The van der Waals surface area contributed by atoms with Crippen LogP contribution < -0.4 is 0 Å². The topological polar surface area (TPSA) is 42.2 Å². The lowest BCUT2D eigenvalue weighted by molar-refractivity contribution is -0.141. The molecule has 1 N–H and O–H groups in total.